The van der Waals surface area contributed by atoms with Crippen molar-refractivity contribution in [1.29, 1.82) is 0 Å². The Labute approximate surface area is 105 Å². The Kier molecular flexibility index (Phi) is 5.12. The lowest BCUT2D eigenvalue weighted by Gasteiger charge is -2.08. The van der Waals surface area contributed by atoms with Crippen LogP contribution in [0.4, 0.5) is 11.4 Å². The Bertz CT molecular complexity index is 408. The van der Waals surface area contributed by atoms with Gasteiger partial charge in [0.1, 0.15) is 0 Å². The van der Waals surface area contributed by atoms with Crippen molar-refractivity contribution in [3.8, 4) is 0 Å². The van der Waals surface area contributed by atoms with Crippen LogP contribution >= 0.6 is 15.9 Å². The average molecular weight is 281 g/mol. The second-order valence-electron chi connectivity index (χ2n) is 3.43. The Morgan fingerprint density at radius 2 is 2.25 bits per heavy atom. The summed E-state index contributed by atoms with van der Waals surface area (Å²) < 4.78 is 0.921. The molecule has 0 unspecified atom stereocenters. The van der Waals surface area contributed by atoms with Gasteiger partial charge in [0.15, 0.2) is 0 Å². The van der Waals surface area contributed by atoms with Crippen LogP contribution < -0.4 is 11.1 Å². The predicted molar refractivity (Wildman–Crippen MR) is 75.4 cm³/mol. The van der Waals surface area contributed by atoms with Gasteiger partial charge >= 0.3 is 0 Å². The van der Waals surface area contributed by atoms with Crippen molar-refractivity contribution in [1.82, 2.24) is 0 Å². The summed E-state index contributed by atoms with van der Waals surface area (Å²) in [6, 6.07) is 5.85. The molecule has 0 bridgehead atoms. The third kappa shape index (κ3) is 3.74. The first-order valence-electron chi connectivity index (χ1n) is 5.32. The molecule has 16 heavy (non-hydrogen) atoms. The first-order chi connectivity index (χ1) is 7.67. The highest BCUT2D eigenvalue weighted by Gasteiger charge is 1.98. The lowest BCUT2D eigenvalue weighted by atomic mass is 10.2. The minimum absolute atomic E-state index is 0.737. The fourth-order valence-electron chi connectivity index (χ4n) is 1.35. The van der Waals surface area contributed by atoms with Gasteiger partial charge in [-0.05, 0) is 53.5 Å². The van der Waals surface area contributed by atoms with Crippen LogP contribution in [0.1, 0.15) is 20.3 Å². The summed E-state index contributed by atoms with van der Waals surface area (Å²) in [5, 5.41) is 3.32. The molecule has 0 aromatic heterocycles. The third-order valence-electron chi connectivity index (χ3n) is 2.05. The normalized spacial score (nSPS) is 12.1. The predicted octanol–water partition coefficient (Wildman–Crippen LogP) is 4.31. The zero-order valence-electron chi connectivity index (χ0n) is 9.63. The Morgan fingerprint density at radius 1 is 1.50 bits per heavy atom. The van der Waals surface area contributed by atoms with Crippen LogP contribution in [0.5, 0.6) is 0 Å². The second kappa shape index (κ2) is 6.38. The van der Waals surface area contributed by atoms with Gasteiger partial charge in [-0.1, -0.05) is 19.1 Å². The van der Waals surface area contributed by atoms with E-state index in [2.05, 4.69) is 34.2 Å². The molecule has 1 aromatic carbocycles. The van der Waals surface area contributed by atoms with E-state index in [0.29, 0.717) is 0 Å². The highest BCUT2D eigenvalue weighted by molar-refractivity contribution is 9.10. The molecule has 0 atom stereocenters. The van der Waals surface area contributed by atoms with E-state index in [1.165, 1.54) is 0 Å². The highest BCUT2D eigenvalue weighted by atomic mass is 79.9. The number of anilines is 2. The molecule has 3 heteroatoms. The van der Waals surface area contributed by atoms with Crippen LogP contribution in [0.25, 0.3) is 0 Å². The first-order valence-corrected chi connectivity index (χ1v) is 6.11. The van der Waals surface area contributed by atoms with Gasteiger partial charge in [0.2, 0.25) is 0 Å². The van der Waals surface area contributed by atoms with Crippen molar-refractivity contribution < 1.29 is 0 Å². The van der Waals surface area contributed by atoms with Crippen LogP contribution in [0, 0.1) is 0 Å². The van der Waals surface area contributed by atoms with Gasteiger partial charge in [0.05, 0.1) is 0 Å². The molecular weight excluding hydrogens is 264 g/mol. The van der Waals surface area contributed by atoms with Gasteiger partial charge in [0.25, 0.3) is 0 Å². The van der Waals surface area contributed by atoms with E-state index in [1.807, 2.05) is 37.3 Å². The quantitative estimate of drug-likeness (QED) is 0.637. The SMILES string of the molecule is C/C=C\C(=C/CC)Nc1ccc(Br)c(N)c1. The number of hydrogen-bond donors (Lipinski definition) is 2. The van der Waals surface area contributed by atoms with E-state index in [0.717, 1.165) is 28.0 Å². The summed E-state index contributed by atoms with van der Waals surface area (Å²) in [6.07, 6.45) is 7.19. The number of nitrogens with one attached hydrogen (secondary N) is 1. The Balaban J connectivity index is 2.85. The lowest BCUT2D eigenvalue weighted by molar-refractivity contribution is 1.20. The number of rotatable bonds is 4. The van der Waals surface area contributed by atoms with Crippen LogP contribution in [-0.2, 0) is 0 Å². The molecule has 2 nitrogen and oxygen atoms in total. The van der Waals surface area contributed by atoms with Crippen LogP contribution in [0.2, 0.25) is 0 Å². The zero-order chi connectivity index (χ0) is 12.0. The monoisotopic (exact) mass is 280 g/mol. The van der Waals surface area contributed by atoms with Crippen LogP contribution in [0.3, 0.4) is 0 Å². The fourth-order valence-corrected chi connectivity index (χ4v) is 1.60. The number of benzene rings is 1. The molecule has 1 aromatic rings. The van der Waals surface area contributed by atoms with Gasteiger partial charge in [-0.2, -0.15) is 0 Å². The fraction of sp³-hybridized carbons (Fsp3) is 0.231. The van der Waals surface area contributed by atoms with Gasteiger partial charge in [-0.3, -0.25) is 0 Å². The maximum Gasteiger partial charge on any atom is 0.0479 e. The molecule has 86 valence electrons. The Morgan fingerprint density at radius 3 is 2.81 bits per heavy atom. The lowest BCUT2D eigenvalue weighted by Crippen LogP contribution is -1.98. The molecule has 0 heterocycles. The summed E-state index contributed by atoms with van der Waals surface area (Å²) in [4.78, 5) is 0. The molecule has 0 saturated carbocycles. The van der Waals surface area contributed by atoms with Crippen molar-refractivity contribution in [2.75, 3.05) is 11.1 Å². The number of allylic oxidation sites excluding steroid dienone is 3. The van der Waals surface area contributed by atoms with Gasteiger partial charge in [-0.15, -0.1) is 0 Å². The minimum atomic E-state index is 0.737. The molecule has 0 aliphatic heterocycles. The molecule has 0 radical (unpaired) electrons. The van der Waals surface area contributed by atoms with Gasteiger partial charge < -0.3 is 11.1 Å². The van der Waals surface area contributed by atoms with Crippen molar-refractivity contribution in [2.24, 2.45) is 0 Å². The van der Waals surface area contributed by atoms with Crippen molar-refractivity contribution in [3.05, 3.63) is 46.6 Å². The summed E-state index contributed by atoms with van der Waals surface area (Å²) in [5.74, 6) is 0. The molecule has 0 aliphatic rings. The Hall–Kier alpha value is -1.22. The molecule has 0 amide bonds. The van der Waals surface area contributed by atoms with E-state index in [9.17, 15) is 0 Å². The first kappa shape index (κ1) is 12.8. The second-order valence-corrected chi connectivity index (χ2v) is 4.28. The zero-order valence-corrected chi connectivity index (χ0v) is 11.2. The van der Waals surface area contributed by atoms with Gasteiger partial charge in [0, 0.05) is 21.5 Å². The molecule has 0 saturated heterocycles. The molecule has 0 spiro atoms. The maximum absolute atomic E-state index is 5.82. The van der Waals surface area contributed by atoms with E-state index in [1.54, 1.807) is 0 Å². The topological polar surface area (TPSA) is 38.0 Å². The van der Waals surface area contributed by atoms with E-state index >= 15 is 0 Å². The number of halogens is 1. The number of nitrogen functional groups attached to an aromatic ring is 1. The largest absolute Gasteiger partial charge is 0.398 e. The smallest absolute Gasteiger partial charge is 0.0479 e. The average Bonchev–Trinajstić information content (AvgIpc) is 2.24. The highest BCUT2D eigenvalue weighted by Crippen LogP contribution is 2.23. The van der Waals surface area contributed by atoms with E-state index in [-0.39, 0.29) is 0 Å². The third-order valence-corrected chi connectivity index (χ3v) is 2.78. The summed E-state index contributed by atoms with van der Waals surface area (Å²) in [5.41, 5.74) is 8.65. The van der Waals surface area contributed by atoms with Crippen molar-refractivity contribution >= 4 is 27.3 Å². The van der Waals surface area contributed by atoms with E-state index < -0.39 is 0 Å². The van der Waals surface area contributed by atoms with Crippen molar-refractivity contribution in [3.63, 3.8) is 0 Å². The molecule has 1 rings (SSSR count). The molecule has 0 fully saturated rings. The number of hydrogen-bond acceptors (Lipinski definition) is 2. The summed E-state index contributed by atoms with van der Waals surface area (Å²) in [6.45, 7) is 4.11. The minimum Gasteiger partial charge on any atom is -0.398 e. The standard InChI is InChI=1S/C13H17BrN2/c1-3-5-10(6-4-2)16-11-7-8-12(14)13(15)9-11/h3,5-9,16H,4,15H2,1-2H3/b5-3-,10-6+. The van der Waals surface area contributed by atoms with Crippen LogP contribution in [0.15, 0.2) is 46.6 Å². The molecular formula is C13H17BrN2. The van der Waals surface area contributed by atoms with E-state index in [4.69, 9.17) is 5.73 Å². The number of nitrogens with two attached hydrogens (primary N) is 1. The van der Waals surface area contributed by atoms with Crippen LogP contribution in [-0.4, -0.2) is 0 Å². The molecule has 3 N–H and O–H groups in total. The van der Waals surface area contributed by atoms with Crippen molar-refractivity contribution in [2.45, 2.75) is 20.3 Å². The maximum atomic E-state index is 5.82. The van der Waals surface area contributed by atoms with Gasteiger partial charge in [-0.25, -0.2) is 0 Å². The summed E-state index contributed by atoms with van der Waals surface area (Å²) in [7, 11) is 0. The molecule has 0 aliphatic carbocycles. The summed E-state index contributed by atoms with van der Waals surface area (Å²) >= 11 is 3.38.